The van der Waals surface area contributed by atoms with Crippen LogP contribution in [0.15, 0.2) is 30.9 Å². The number of hydrogen-bond donors (Lipinski definition) is 2. The van der Waals surface area contributed by atoms with Gasteiger partial charge in [-0.3, -0.25) is 9.48 Å². The average Bonchev–Trinajstić information content (AvgIpc) is 3.44. The number of rotatable bonds is 4. The first kappa shape index (κ1) is 19.4. The Labute approximate surface area is 177 Å². The van der Waals surface area contributed by atoms with Crippen molar-refractivity contribution in [2.75, 3.05) is 30.4 Å². The van der Waals surface area contributed by atoms with Gasteiger partial charge in [0.1, 0.15) is 11.3 Å². The van der Waals surface area contributed by atoms with Gasteiger partial charge in [-0.1, -0.05) is 0 Å². The number of aromatic nitrogens is 5. The van der Waals surface area contributed by atoms with E-state index in [1.165, 1.54) is 6.07 Å². The molecule has 0 aromatic carbocycles. The van der Waals surface area contributed by atoms with E-state index in [0.29, 0.717) is 28.5 Å². The maximum absolute atomic E-state index is 14.4. The van der Waals surface area contributed by atoms with Crippen molar-refractivity contribution in [1.29, 1.82) is 0 Å². The summed E-state index contributed by atoms with van der Waals surface area (Å²) in [6.45, 7) is 3.52. The van der Waals surface area contributed by atoms with Gasteiger partial charge in [-0.2, -0.15) is 5.10 Å². The number of carbonyl (C=O) groups is 1. The van der Waals surface area contributed by atoms with Gasteiger partial charge in [0.25, 0.3) is 5.91 Å². The lowest BCUT2D eigenvalue weighted by Crippen LogP contribution is -2.30. The van der Waals surface area contributed by atoms with E-state index in [1.807, 2.05) is 20.3 Å². The number of aryl methyl sites for hydroxylation is 2. The highest BCUT2D eigenvalue weighted by Gasteiger charge is 2.26. The number of nitrogens with zero attached hydrogens (tertiary/aromatic N) is 6. The summed E-state index contributed by atoms with van der Waals surface area (Å²) in [5.74, 6) is -0.0814. The van der Waals surface area contributed by atoms with Crippen molar-refractivity contribution in [2.24, 2.45) is 7.05 Å². The van der Waals surface area contributed by atoms with Crippen LogP contribution in [0.3, 0.4) is 0 Å². The zero-order valence-electron chi connectivity index (χ0n) is 17.6. The lowest BCUT2D eigenvalue weighted by Gasteiger charge is -2.18. The number of nitrogens with one attached hydrogen (secondary N) is 2. The van der Waals surface area contributed by atoms with Crippen molar-refractivity contribution >= 4 is 34.0 Å². The van der Waals surface area contributed by atoms with E-state index in [2.05, 4.69) is 30.6 Å². The summed E-state index contributed by atoms with van der Waals surface area (Å²) in [5, 5.41) is 11.4. The van der Waals surface area contributed by atoms with Crippen molar-refractivity contribution in [3.8, 4) is 0 Å². The van der Waals surface area contributed by atoms with Crippen molar-refractivity contribution in [1.82, 2.24) is 29.5 Å². The molecule has 4 aromatic rings. The Morgan fingerprint density at radius 1 is 1.29 bits per heavy atom. The SMILES string of the molecule is CNC1CCN(c2ncc(C(=O)Nc3cc(F)c4nc(C)cn4c3)c3nn(C)cc23)C1. The second kappa shape index (κ2) is 7.31. The molecule has 4 aromatic heterocycles. The van der Waals surface area contributed by atoms with Crippen LogP contribution in [-0.4, -0.2) is 56.2 Å². The van der Waals surface area contributed by atoms with Crippen LogP contribution >= 0.6 is 0 Å². The molecule has 0 saturated carbocycles. The summed E-state index contributed by atoms with van der Waals surface area (Å²) >= 11 is 0. The maximum atomic E-state index is 14.4. The molecular formula is C21H23FN8O. The molecule has 1 amide bonds. The fourth-order valence-electron chi connectivity index (χ4n) is 4.16. The molecule has 10 heteroatoms. The first-order valence-electron chi connectivity index (χ1n) is 10.1. The van der Waals surface area contributed by atoms with Gasteiger partial charge < -0.3 is 19.9 Å². The Balaban J connectivity index is 1.49. The fourth-order valence-corrected chi connectivity index (χ4v) is 4.16. The number of pyridine rings is 2. The minimum atomic E-state index is -0.504. The average molecular weight is 422 g/mol. The third kappa shape index (κ3) is 3.38. The van der Waals surface area contributed by atoms with Crippen LogP contribution in [-0.2, 0) is 7.05 Å². The first-order valence-corrected chi connectivity index (χ1v) is 10.1. The molecule has 1 aliphatic rings. The van der Waals surface area contributed by atoms with Crippen LogP contribution < -0.4 is 15.5 Å². The van der Waals surface area contributed by atoms with Crippen LogP contribution in [0.1, 0.15) is 22.5 Å². The molecule has 1 fully saturated rings. The Bertz CT molecular complexity index is 1310. The minimum Gasteiger partial charge on any atom is -0.354 e. The molecule has 1 aliphatic heterocycles. The summed E-state index contributed by atoms with van der Waals surface area (Å²) in [7, 11) is 3.77. The van der Waals surface area contributed by atoms with Crippen molar-refractivity contribution in [3.63, 3.8) is 0 Å². The largest absolute Gasteiger partial charge is 0.354 e. The van der Waals surface area contributed by atoms with Gasteiger partial charge in [-0.05, 0) is 20.4 Å². The first-order chi connectivity index (χ1) is 14.9. The van der Waals surface area contributed by atoms with E-state index in [4.69, 9.17) is 0 Å². The molecule has 1 saturated heterocycles. The summed E-state index contributed by atoms with van der Waals surface area (Å²) in [6.07, 6.45) is 7.79. The van der Waals surface area contributed by atoms with E-state index in [1.54, 1.807) is 34.6 Å². The number of imidazole rings is 1. The van der Waals surface area contributed by atoms with Gasteiger partial charge in [0, 0.05) is 57.0 Å². The Kier molecular flexibility index (Phi) is 4.58. The molecule has 0 aliphatic carbocycles. The van der Waals surface area contributed by atoms with E-state index < -0.39 is 11.7 Å². The number of halogens is 1. The quantitative estimate of drug-likeness (QED) is 0.523. The molecule has 1 atom stereocenters. The predicted octanol–water partition coefficient (Wildman–Crippen LogP) is 2.11. The normalized spacial score (nSPS) is 16.5. The number of carbonyl (C=O) groups excluding carboxylic acids is 1. The van der Waals surface area contributed by atoms with Gasteiger partial charge in [-0.25, -0.2) is 14.4 Å². The zero-order valence-corrected chi connectivity index (χ0v) is 17.6. The van der Waals surface area contributed by atoms with Crippen molar-refractivity contribution < 1.29 is 9.18 Å². The van der Waals surface area contributed by atoms with Crippen LogP contribution in [0.5, 0.6) is 0 Å². The number of anilines is 2. The lowest BCUT2D eigenvalue weighted by atomic mass is 10.2. The fraction of sp³-hybridized carbons (Fsp3) is 0.333. The van der Waals surface area contributed by atoms with Gasteiger partial charge in [0.05, 0.1) is 22.3 Å². The second-order valence-corrected chi connectivity index (χ2v) is 7.92. The summed E-state index contributed by atoms with van der Waals surface area (Å²) in [6, 6.07) is 1.67. The molecule has 0 bridgehead atoms. The third-order valence-corrected chi connectivity index (χ3v) is 5.67. The molecule has 1 unspecified atom stereocenters. The Morgan fingerprint density at radius 2 is 2.13 bits per heavy atom. The number of fused-ring (bicyclic) bond motifs is 2. The highest BCUT2D eigenvalue weighted by atomic mass is 19.1. The van der Waals surface area contributed by atoms with Gasteiger partial charge in [0.15, 0.2) is 11.5 Å². The van der Waals surface area contributed by atoms with E-state index in [9.17, 15) is 9.18 Å². The van der Waals surface area contributed by atoms with Gasteiger partial charge in [0.2, 0.25) is 0 Å². The second-order valence-electron chi connectivity index (χ2n) is 7.92. The van der Waals surface area contributed by atoms with Crippen molar-refractivity contribution in [3.05, 3.63) is 47.9 Å². The lowest BCUT2D eigenvalue weighted by molar-refractivity contribution is 0.102. The van der Waals surface area contributed by atoms with Crippen LogP contribution in [0.4, 0.5) is 15.9 Å². The molecule has 0 radical (unpaired) electrons. The molecule has 9 nitrogen and oxygen atoms in total. The van der Waals surface area contributed by atoms with E-state index in [-0.39, 0.29) is 5.65 Å². The summed E-state index contributed by atoms with van der Waals surface area (Å²) in [4.78, 5) is 24.0. The Morgan fingerprint density at radius 3 is 2.90 bits per heavy atom. The topological polar surface area (TPSA) is 92.4 Å². The minimum absolute atomic E-state index is 0.221. The smallest absolute Gasteiger partial charge is 0.259 e. The van der Waals surface area contributed by atoms with Crippen LogP contribution in [0.25, 0.3) is 16.6 Å². The highest BCUT2D eigenvalue weighted by Crippen LogP contribution is 2.29. The standard InChI is InChI=1S/C21H23FN8O/c1-12-8-30-10-14(6-17(22)20(30)25-12)26-21(31)15-7-24-19(16-11-28(3)27-18(15)16)29-5-4-13(9-29)23-2/h6-8,10-11,13,23H,4-5,9H2,1-3H3,(H,26,31). The predicted molar refractivity (Wildman–Crippen MR) is 116 cm³/mol. The van der Waals surface area contributed by atoms with Crippen LogP contribution in [0.2, 0.25) is 0 Å². The van der Waals surface area contributed by atoms with Crippen LogP contribution in [0, 0.1) is 12.7 Å². The molecular weight excluding hydrogens is 399 g/mol. The zero-order chi connectivity index (χ0) is 21.7. The molecule has 160 valence electrons. The molecule has 5 heterocycles. The summed E-state index contributed by atoms with van der Waals surface area (Å²) in [5.41, 5.74) is 2.15. The number of likely N-dealkylation sites (N-methyl/N-ethyl adjacent to an activating group) is 1. The van der Waals surface area contributed by atoms with E-state index >= 15 is 0 Å². The maximum Gasteiger partial charge on any atom is 0.259 e. The van der Waals surface area contributed by atoms with E-state index in [0.717, 1.165) is 30.7 Å². The summed E-state index contributed by atoms with van der Waals surface area (Å²) < 4.78 is 17.6. The molecule has 31 heavy (non-hydrogen) atoms. The highest BCUT2D eigenvalue weighted by molar-refractivity contribution is 6.13. The molecule has 0 spiro atoms. The number of amides is 1. The Hall–Kier alpha value is -3.53. The van der Waals surface area contributed by atoms with Gasteiger partial charge in [-0.15, -0.1) is 0 Å². The van der Waals surface area contributed by atoms with Gasteiger partial charge >= 0.3 is 0 Å². The number of hydrogen-bond acceptors (Lipinski definition) is 6. The monoisotopic (exact) mass is 422 g/mol. The molecule has 2 N–H and O–H groups in total. The third-order valence-electron chi connectivity index (χ3n) is 5.67. The molecule has 5 rings (SSSR count). The van der Waals surface area contributed by atoms with Crippen molar-refractivity contribution in [2.45, 2.75) is 19.4 Å².